The summed E-state index contributed by atoms with van der Waals surface area (Å²) >= 11 is 13.4. The summed E-state index contributed by atoms with van der Waals surface area (Å²) in [5, 5.41) is 12.5. The lowest BCUT2D eigenvalue weighted by Crippen LogP contribution is -2.37. The van der Waals surface area contributed by atoms with E-state index in [1.54, 1.807) is 12.1 Å². The molecule has 0 radical (unpaired) electrons. The lowest BCUT2D eigenvalue weighted by molar-refractivity contribution is 0.0474. The van der Waals surface area contributed by atoms with Gasteiger partial charge in [-0.1, -0.05) is 61.3 Å². The van der Waals surface area contributed by atoms with Gasteiger partial charge in [0.15, 0.2) is 0 Å². The van der Waals surface area contributed by atoms with E-state index in [-0.39, 0.29) is 5.92 Å². The smallest absolute Gasteiger partial charge is 0.408 e. The highest BCUT2D eigenvalue weighted by Crippen LogP contribution is 2.30. The molecule has 28 heavy (non-hydrogen) atoms. The Balaban J connectivity index is 2.06. The van der Waals surface area contributed by atoms with Gasteiger partial charge in [-0.3, -0.25) is 0 Å². The summed E-state index contributed by atoms with van der Waals surface area (Å²) in [4.78, 5) is 12.2. The fourth-order valence-electron chi connectivity index (χ4n) is 2.30. The van der Waals surface area contributed by atoms with Gasteiger partial charge >= 0.3 is 6.09 Å². The molecule has 0 fully saturated rings. The molecule has 0 spiro atoms. The van der Waals surface area contributed by atoms with Crippen molar-refractivity contribution >= 4 is 41.1 Å². The first-order valence-electron chi connectivity index (χ1n) is 8.98. The molecule has 9 heteroatoms. The first kappa shape index (κ1) is 22.8. The van der Waals surface area contributed by atoms with Crippen molar-refractivity contribution in [2.75, 3.05) is 0 Å². The van der Waals surface area contributed by atoms with Crippen molar-refractivity contribution < 1.29 is 13.9 Å². The molecule has 1 aromatic carbocycles. The number of hydrogen-bond acceptors (Lipinski definition) is 6. The Morgan fingerprint density at radius 2 is 2.00 bits per heavy atom. The highest BCUT2D eigenvalue weighted by molar-refractivity contribution is 7.98. The molecule has 2 rings (SSSR count). The van der Waals surface area contributed by atoms with Gasteiger partial charge in [0.1, 0.15) is 11.6 Å². The molecule has 0 saturated heterocycles. The number of thioether (sulfide) groups is 1. The average molecular weight is 446 g/mol. The first-order valence-corrected chi connectivity index (χ1v) is 10.7. The summed E-state index contributed by atoms with van der Waals surface area (Å²) in [6.45, 7) is 9.49. The van der Waals surface area contributed by atoms with E-state index in [2.05, 4.69) is 15.5 Å². The largest absolute Gasteiger partial charge is 0.444 e. The van der Waals surface area contributed by atoms with E-state index in [0.717, 1.165) is 12.0 Å². The number of benzene rings is 1. The standard InChI is InChI=1S/C19H25Cl2N3O3S/c1-6-11(2)15(22-17(25)27-19(3,4)5)16-23-24-18(26-16)28-10-12-7-8-13(20)14(21)9-12/h7-9,11,15H,6,10H2,1-5H3,(H,22,25)/t11-,15-/m1/s1. The fourth-order valence-corrected chi connectivity index (χ4v) is 3.33. The normalized spacial score (nSPS) is 13.8. The van der Waals surface area contributed by atoms with Crippen LogP contribution in [0.25, 0.3) is 0 Å². The molecule has 1 amide bonds. The van der Waals surface area contributed by atoms with Crippen LogP contribution in [-0.2, 0) is 10.5 Å². The highest BCUT2D eigenvalue weighted by atomic mass is 35.5. The number of hydrogen-bond donors (Lipinski definition) is 1. The predicted molar refractivity (Wildman–Crippen MR) is 112 cm³/mol. The number of alkyl carbamates (subject to hydrolysis) is 1. The van der Waals surface area contributed by atoms with Gasteiger partial charge in [-0.15, -0.1) is 10.2 Å². The topological polar surface area (TPSA) is 77.2 Å². The Hall–Kier alpha value is -1.44. The van der Waals surface area contributed by atoms with E-state index in [1.807, 2.05) is 40.7 Å². The van der Waals surface area contributed by atoms with Gasteiger partial charge in [0.25, 0.3) is 5.22 Å². The minimum absolute atomic E-state index is 0.0980. The molecular formula is C19H25Cl2N3O3S. The second-order valence-corrected chi connectivity index (χ2v) is 9.19. The van der Waals surface area contributed by atoms with E-state index in [9.17, 15) is 4.79 Å². The summed E-state index contributed by atoms with van der Waals surface area (Å²) in [7, 11) is 0. The van der Waals surface area contributed by atoms with Crippen LogP contribution < -0.4 is 5.32 Å². The van der Waals surface area contributed by atoms with E-state index >= 15 is 0 Å². The molecule has 0 bridgehead atoms. The number of carbonyl (C=O) groups excluding carboxylic acids is 1. The molecule has 2 atom stereocenters. The van der Waals surface area contributed by atoms with Gasteiger partial charge in [0.05, 0.1) is 10.0 Å². The zero-order valence-corrected chi connectivity index (χ0v) is 18.9. The van der Waals surface area contributed by atoms with Crippen molar-refractivity contribution in [2.24, 2.45) is 5.92 Å². The van der Waals surface area contributed by atoms with E-state index in [1.165, 1.54) is 11.8 Å². The Morgan fingerprint density at radius 3 is 2.61 bits per heavy atom. The molecule has 0 aliphatic carbocycles. The third-order valence-corrected chi connectivity index (χ3v) is 5.55. The van der Waals surface area contributed by atoms with Gasteiger partial charge in [-0.2, -0.15) is 0 Å². The van der Waals surface area contributed by atoms with E-state index in [0.29, 0.717) is 26.9 Å². The van der Waals surface area contributed by atoms with Crippen LogP contribution in [0, 0.1) is 5.92 Å². The van der Waals surface area contributed by atoms with Crippen LogP contribution in [0.3, 0.4) is 0 Å². The molecule has 6 nitrogen and oxygen atoms in total. The van der Waals surface area contributed by atoms with Crippen molar-refractivity contribution in [1.29, 1.82) is 0 Å². The Morgan fingerprint density at radius 1 is 1.29 bits per heavy atom. The number of amides is 1. The summed E-state index contributed by atoms with van der Waals surface area (Å²) in [6, 6.07) is 5.03. The number of aromatic nitrogens is 2. The zero-order chi connectivity index (χ0) is 20.9. The predicted octanol–water partition coefficient (Wildman–Crippen LogP) is 6.28. The van der Waals surface area contributed by atoms with E-state index in [4.69, 9.17) is 32.4 Å². The molecule has 1 heterocycles. The number of rotatable bonds is 7. The highest BCUT2D eigenvalue weighted by Gasteiger charge is 2.28. The molecule has 0 aliphatic rings. The van der Waals surface area contributed by atoms with Crippen LogP contribution in [0.4, 0.5) is 4.79 Å². The maximum atomic E-state index is 12.2. The summed E-state index contributed by atoms with van der Waals surface area (Å²) in [5.41, 5.74) is 0.407. The van der Waals surface area contributed by atoms with Crippen molar-refractivity contribution in [1.82, 2.24) is 15.5 Å². The number of carbonyl (C=O) groups is 1. The van der Waals surface area contributed by atoms with Crippen LogP contribution in [0.2, 0.25) is 10.0 Å². The maximum Gasteiger partial charge on any atom is 0.408 e. The summed E-state index contributed by atoms with van der Waals surface area (Å²) < 4.78 is 11.1. The Bertz CT molecular complexity index is 808. The van der Waals surface area contributed by atoms with Crippen LogP contribution in [0.5, 0.6) is 0 Å². The van der Waals surface area contributed by atoms with Gasteiger partial charge in [-0.25, -0.2) is 4.79 Å². The summed E-state index contributed by atoms with van der Waals surface area (Å²) in [5.74, 6) is 1.06. The van der Waals surface area contributed by atoms with Crippen LogP contribution >= 0.6 is 35.0 Å². The molecule has 2 aromatic rings. The van der Waals surface area contributed by atoms with Crippen LogP contribution in [0.15, 0.2) is 27.8 Å². The average Bonchev–Trinajstić information content (AvgIpc) is 3.07. The minimum Gasteiger partial charge on any atom is -0.444 e. The first-order chi connectivity index (χ1) is 13.1. The number of nitrogens with one attached hydrogen (secondary N) is 1. The molecule has 0 unspecified atom stereocenters. The van der Waals surface area contributed by atoms with Gasteiger partial charge in [-0.05, 0) is 44.4 Å². The van der Waals surface area contributed by atoms with Gasteiger partial charge in [0.2, 0.25) is 5.89 Å². The van der Waals surface area contributed by atoms with E-state index < -0.39 is 17.7 Å². The molecule has 1 aromatic heterocycles. The van der Waals surface area contributed by atoms with Crippen LogP contribution in [-0.4, -0.2) is 21.9 Å². The maximum absolute atomic E-state index is 12.2. The lowest BCUT2D eigenvalue weighted by Gasteiger charge is -2.24. The van der Waals surface area contributed by atoms with Crippen molar-refractivity contribution in [3.05, 3.63) is 39.7 Å². The van der Waals surface area contributed by atoms with Gasteiger partial charge < -0.3 is 14.5 Å². The van der Waals surface area contributed by atoms with Crippen molar-refractivity contribution in [3.8, 4) is 0 Å². The SMILES string of the molecule is CC[C@@H](C)[C@@H](NC(=O)OC(C)(C)C)c1nnc(SCc2ccc(Cl)c(Cl)c2)o1. The Labute approximate surface area is 179 Å². The fraction of sp³-hybridized carbons (Fsp3) is 0.526. The Kier molecular flexibility index (Phi) is 8.04. The number of ether oxygens (including phenoxy) is 1. The second kappa shape index (κ2) is 9.85. The lowest BCUT2D eigenvalue weighted by atomic mass is 9.99. The summed E-state index contributed by atoms with van der Waals surface area (Å²) in [6.07, 6.45) is 0.315. The van der Waals surface area contributed by atoms with Crippen molar-refractivity contribution in [3.63, 3.8) is 0 Å². The third kappa shape index (κ3) is 6.87. The second-order valence-electron chi connectivity index (χ2n) is 7.45. The monoisotopic (exact) mass is 445 g/mol. The third-order valence-electron chi connectivity index (χ3n) is 3.92. The molecule has 0 aliphatic heterocycles. The molecule has 154 valence electrons. The number of nitrogens with zero attached hydrogens (tertiary/aromatic N) is 2. The quantitative estimate of drug-likeness (QED) is 0.505. The van der Waals surface area contributed by atoms with Crippen molar-refractivity contribution in [2.45, 2.75) is 63.7 Å². The zero-order valence-electron chi connectivity index (χ0n) is 16.6. The van der Waals surface area contributed by atoms with Gasteiger partial charge in [0, 0.05) is 5.75 Å². The minimum atomic E-state index is -0.584. The molecule has 1 N–H and O–H groups in total. The van der Waals surface area contributed by atoms with Crippen LogP contribution in [0.1, 0.15) is 58.5 Å². The number of halogens is 2. The molecule has 0 saturated carbocycles. The molecular weight excluding hydrogens is 421 g/mol.